The molecule has 0 aliphatic heterocycles. The van der Waals surface area contributed by atoms with Crippen LogP contribution in [0.5, 0.6) is 0 Å². The molecule has 2 rings (SSSR count). The van der Waals surface area contributed by atoms with E-state index in [0.717, 1.165) is 14.8 Å². The normalized spacial score (nSPS) is 10.7. The van der Waals surface area contributed by atoms with Crippen molar-refractivity contribution in [1.82, 2.24) is 0 Å². The smallest absolute Gasteiger partial charge is 0.338 e. The number of carbonyl (C=O) groups is 1. The second-order valence-corrected chi connectivity index (χ2v) is 5.22. The van der Waals surface area contributed by atoms with Gasteiger partial charge in [0.2, 0.25) is 0 Å². The molecule has 0 unspecified atom stereocenters. The molecule has 0 radical (unpaired) electrons. The largest absolute Gasteiger partial charge is 0.462 e. The highest BCUT2D eigenvalue weighted by atomic mass is 127. The summed E-state index contributed by atoms with van der Waals surface area (Å²) < 4.78 is 5.89. The molecule has 0 N–H and O–H groups in total. The van der Waals surface area contributed by atoms with Gasteiger partial charge >= 0.3 is 5.97 Å². The van der Waals surface area contributed by atoms with E-state index in [1.54, 1.807) is 19.1 Å². The van der Waals surface area contributed by atoms with Gasteiger partial charge in [-0.15, -0.1) is 0 Å². The van der Waals surface area contributed by atoms with Crippen LogP contribution in [0.3, 0.4) is 0 Å². The minimum Gasteiger partial charge on any atom is -0.462 e. The molecule has 0 spiro atoms. The summed E-state index contributed by atoms with van der Waals surface area (Å²) in [5.74, 6) is -0.302. The molecule has 0 aromatic heterocycles. The number of nitrogens with zero attached hydrogens (tertiary/aromatic N) is 1. The molecule has 0 saturated heterocycles. The highest BCUT2D eigenvalue weighted by Crippen LogP contribution is 2.23. The first-order valence-electron chi connectivity index (χ1n) is 6.26. The summed E-state index contributed by atoms with van der Waals surface area (Å²) in [6.07, 6.45) is 1.81. The van der Waals surface area contributed by atoms with Gasteiger partial charge in [0.1, 0.15) is 0 Å². The van der Waals surface area contributed by atoms with Crippen molar-refractivity contribution in [2.45, 2.75) is 6.92 Å². The van der Waals surface area contributed by atoms with Gasteiger partial charge in [-0.25, -0.2) is 4.79 Å². The van der Waals surface area contributed by atoms with Crippen molar-refractivity contribution in [2.24, 2.45) is 4.99 Å². The van der Waals surface area contributed by atoms with Crippen molar-refractivity contribution < 1.29 is 9.53 Å². The summed E-state index contributed by atoms with van der Waals surface area (Å²) in [7, 11) is 0. The van der Waals surface area contributed by atoms with Crippen LogP contribution >= 0.6 is 22.6 Å². The van der Waals surface area contributed by atoms with Crippen molar-refractivity contribution in [3.63, 3.8) is 0 Å². The van der Waals surface area contributed by atoms with E-state index >= 15 is 0 Å². The van der Waals surface area contributed by atoms with Crippen LogP contribution in [-0.4, -0.2) is 18.8 Å². The van der Waals surface area contributed by atoms with Gasteiger partial charge in [0.25, 0.3) is 0 Å². The van der Waals surface area contributed by atoms with Crippen molar-refractivity contribution in [3.8, 4) is 0 Å². The minimum absolute atomic E-state index is 0.302. The fraction of sp³-hybridized carbons (Fsp3) is 0.125. The third-order valence-electron chi connectivity index (χ3n) is 2.61. The molecule has 102 valence electrons. The number of aliphatic imine (C=N–C) groups is 1. The average Bonchev–Trinajstić information content (AvgIpc) is 2.47. The van der Waals surface area contributed by atoms with Crippen molar-refractivity contribution in [1.29, 1.82) is 0 Å². The van der Waals surface area contributed by atoms with Crippen molar-refractivity contribution >= 4 is 40.5 Å². The molecule has 0 heterocycles. The lowest BCUT2D eigenvalue weighted by Crippen LogP contribution is -2.04. The van der Waals surface area contributed by atoms with E-state index in [4.69, 9.17) is 4.74 Å². The molecule has 4 heteroatoms. The highest BCUT2D eigenvalue weighted by molar-refractivity contribution is 14.1. The molecule has 2 aromatic rings. The molecule has 3 nitrogen and oxygen atoms in total. The molecule has 0 aliphatic carbocycles. The summed E-state index contributed by atoms with van der Waals surface area (Å²) in [6.45, 7) is 2.17. The number of halogens is 1. The number of carbonyl (C=O) groups excluding carboxylic acids is 1. The monoisotopic (exact) mass is 379 g/mol. The Morgan fingerprint density at radius 1 is 1.25 bits per heavy atom. The second kappa shape index (κ2) is 7.19. The number of ether oxygens (including phenoxy) is 1. The Hall–Kier alpha value is -1.69. The summed E-state index contributed by atoms with van der Waals surface area (Å²) in [4.78, 5) is 16.1. The van der Waals surface area contributed by atoms with Crippen LogP contribution in [0.15, 0.2) is 53.5 Å². The van der Waals surface area contributed by atoms with Gasteiger partial charge < -0.3 is 4.74 Å². The maximum absolute atomic E-state index is 11.6. The first-order valence-corrected chi connectivity index (χ1v) is 7.34. The first kappa shape index (κ1) is 14.7. The zero-order valence-corrected chi connectivity index (χ0v) is 13.2. The molecular formula is C16H14INO2. The van der Waals surface area contributed by atoms with E-state index in [9.17, 15) is 4.79 Å². The van der Waals surface area contributed by atoms with Gasteiger partial charge in [0.05, 0.1) is 17.9 Å². The van der Waals surface area contributed by atoms with Gasteiger partial charge in [-0.1, -0.05) is 30.3 Å². The van der Waals surface area contributed by atoms with Crippen LogP contribution in [0, 0.1) is 3.57 Å². The lowest BCUT2D eigenvalue weighted by molar-refractivity contribution is 0.0526. The third-order valence-corrected chi connectivity index (χ3v) is 3.48. The Morgan fingerprint density at radius 3 is 2.65 bits per heavy atom. The zero-order valence-electron chi connectivity index (χ0n) is 11.0. The SMILES string of the molecule is CCOC(=O)c1ccc(N=Cc2ccccc2)c(I)c1. The Bertz CT molecular complexity index is 624. The van der Waals surface area contributed by atoms with Crippen molar-refractivity contribution in [2.75, 3.05) is 6.61 Å². The number of esters is 1. The summed E-state index contributed by atoms with van der Waals surface area (Å²) in [5, 5.41) is 0. The minimum atomic E-state index is -0.302. The topological polar surface area (TPSA) is 38.7 Å². The fourth-order valence-corrected chi connectivity index (χ4v) is 2.29. The van der Waals surface area contributed by atoms with Gasteiger partial charge in [-0.05, 0) is 53.3 Å². The van der Waals surface area contributed by atoms with E-state index in [1.165, 1.54) is 0 Å². The molecule has 0 saturated carbocycles. The van der Waals surface area contributed by atoms with Crippen LogP contribution in [0.25, 0.3) is 0 Å². The Morgan fingerprint density at radius 2 is 2.00 bits per heavy atom. The van der Waals surface area contributed by atoms with Crippen LogP contribution in [0.2, 0.25) is 0 Å². The molecular weight excluding hydrogens is 365 g/mol. The summed E-state index contributed by atoms with van der Waals surface area (Å²) in [5.41, 5.74) is 2.43. The van der Waals surface area contributed by atoms with Gasteiger partial charge in [0.15, 0.2) is 0 Å². The molecule has 0 atom stereocenters. The van der Waals surface area contributed by atoms with Crippen LogP contribution < -0.4 is 0 Å². The quantitative estimate of drug-likeness (QED) is 0.453. The molecule has 2 aromatic carbocycles. The summed E-state index contributed by atoms with van der Waals surface area (Å²) in [6, 6.07) is 15.2. The first-order chi connectivity index (χ1) is 9.70. The Kier molecular flexibility index (Phi) is 5.29. The number of hydrogen-bond donors (Lipinski definition) is 0. The van der Waals surface area contributed by atoms with E-state index in [-0.39, 0.29) is 5.97 Å². The number of benzene rings is 2. The maximum atomic E-state index is 11.6. The Balaban J connectivity index is 2.18. The van der Waals surface area contributed by atoms with Crippen LogP contribution in [-0.2, 0) is 4.74 Å². The fourth-order valence-electron chi connectivity index (χ4n) is 1.64. The Labute approximate surface area is 131 Å². The van der Waals surface area contributed by atoms with Gasteiger partial charge in [-0.2, -0.15) is 0 Å². The lowest BCUT2D eigenvalue weighted by atomic mass is 10.2. The average molecular weight is 379 g/mol. The third kappa shape index (κ3) is 3.90. The standard InChI is InChI=1S/C16H14INO2/c1-2-20-16(19)13-8-9-15(14(17)10-13)18-11-12-6-4-3-5-7-12/h3-11H,2H2,1H3. The molecule has 0 bridgehead atoms. The predicted octanol–water partition coefficient (Wildman–Crippen LogP) is 4.22. The highest BCUT2D eigenvalue weighted by Gasteiger charge is 2.08. The molecule has 0 aliphatic rings. The molecule has 0 fully saturated rings. The van der Waals surface area contributed by atoms with Gasteiger partial charge in [-0.3, -0.25) is 4.99 Å². The second-order valence-electron chi connectivity index (χ2n) is 4.06. The van der Waals surface area contributed by atoms with Crippen LogP contribution in [0.1, 0.15) is 22.8 Å². The predicted molar refractivity (Wildman–Crippen MR) is 88.8 cm³/mol. The van der Waals surface area contributed by atoms with Crippen molar-refractivity contribution in [3.05, 3.63) is 63.2 Å². The lowest BCUT2D eigenvalue weighted by Gasteiger charge is -2.04. The van der Waals surface area contributed by atoms with E-state index < -0.39 is 0 Å². The van der Waals surface area contributed by atoms with Crippen LogP contribution in [0.4, 0.5) is 5.69 Å². The molecule has 0 amide bonds. The number of hydrogen-bond acceptors (Lipinski definition) is 3. The number of rotatable bonds is 4. The zero-order chi connectivity index (χ0) is 14.4. The summed E-state index contributed by atoms with van der Waals surface area (Å²) >= 11 is 2.17. The van der Waals surface area contributed by atoms with E-state index in [1.807, 2.05) is 42.6 Å². The van der Waals surface area contributed by atoms with Gasteiger partial charge in [0, 0.05) is 9.78 Å². The maximum Gasteiger partial charge on any atom is 0.338 e. The van der Waals surface area contributed by atoms with E-state index in [0.29, 0.717) is 12.2 Å². The molecule has 20 heavy (non-hydrogen) atoms. The van der Waals surface area contributed by atoms with E-state index in [2.05, 4.69) is 27.6 Å².